The number of nitrogens with zero attached hydrogens (tertiary/aromatic N) is 3. The predicted molar refractivity (Wildman–Crippen MR) is 104 cm³/mol. The van der Waals surface area contributed by atoms with Crippen molar-refractivity contribution in [2.24, 2.45) is 0 Å². The molecule has 8 heteroatoms. The molecule has 28 heavy (non-hydrogen) atoms. The molecular weight excluding hydrogens is 362 g/mol. The van der Waals surface area contributed by atoms with Crippen molar-refractivity contribution in [2.45, 2.75) is 0 Å². The molecule has 142 valence electrons. The van der Waals surface area contributed by atoms with Crippen LogP contribution in [0.3, 0.4) is 0 Å². The van der Waals surface area contributed by atoms with Crippen molar-refractivity contribution in [3.05, 3.63) is 80.7 Å². The molecule has 0 atom stereocenters. The Morgan fingerprint density at radius 2 is 1.71 bits per heavy atom. The van der Waals surface area contributed by atoms with E-state index < -0.39 is 16.5 Å². The van der Waals surface area contributed by atoms with Gasteiger partial charge in [-0.3, -0.25) is 14.9 Å². The Morgan fingerprint density at radius 1 is 1.00 bits per heavy atom. The first-order chi connectivity index (χ1) is 13.5. The largest absolute Gasteiger partial charge is 0.422 e. The van der Waals surface area contributed by atoms with Gasteiger partial charge in [0.1, 0.15) is 11.1 Å². The first kappa shape index (κ1) is 17.7. The number of rotatable bonds is 3. The van der Waals surface area contributed by atoms with Gasteiger partial charge in [0, 0.05) is 49.4 Å². The lowest BCUT2D eigenvalue weighted by Crippen LogP contribution is -2.49. The summed E-state index contributed by atoms with van der Waals surface area (Å²) in [6.45, 7) is 2.25. The van der Waals surface area contributed by atoms with Gasteiger partial charge in [0.05, 0.1) is 4.92 Å². The van der Waals surface area contributed by atoms with Gasteiger partial charge in [-0.1, -0.05) is 18.2 Å². The number of para-hydroxylation sites is 1. The average molecular weight is 379 g/mol. The summed E-state index contributed by atoms with van der Waals surface area (Å²) in [4.78, 5) is 39.3. The summed E-state index contributed by atoms with van der Waals surface area (Å²) in [5.74, 6) is -0.421. The van der Waals surface area contributed by atoms with Crippen LogP contribution < -0.4 is 10.5 Å². The van der Waals surface area contributed by atoms with Gasteiger partial charge >= 0.3 is 5.63 Å². The molecule has 0 bridgehead atoms. The number of anilines is 1. The zero-order valence-electron chi connectivity index (χ0n) is 14.9. The fraction of sp³-hybridized carbons (Fsp3) is 0.200. The van der Waals surface area contributed by atoms with Crippen LogP contribution in [0.15, 0.2) is 63.8 Å². The Morgan fingerprint density at radius 3 is 2.39 bits per heavy atom. The van der Waals surface area contributed by atoms with Gasteiger partial charge < -0.3 is 14.2 Å². The van der Waals surface area contributed by atoms with E-state index in [1.54, 1.807) is 4.90 Å². The molecule has 0 radical (unpaired) electrons. The maximum absolute atomic E-state index is 12.8. The third-order valence-corrected chi connectivity index (χ3v) is 4.85. The van der Waals surface area contributed by atoms with E-state index in [0.29, 0.717) is 31.6 Å². The van der Waals surface area contributed by atoms with Gasteiger partial charge in [-0.2, -0.15) is 0 Å². The molecule has 1 aliphatic heterocycles. The zero-order chi connectivity index (χ0) is 19.7. The van der Waals surface area contributed by atoms with E-state index in [2.05, 4.69) is 4.90 Å². The highest BCUT2D eigenvalue weighted by molar-refractivity contribution is 5.97. The maximum atomic E-state index is 12.8. The Labute approximate surface area is 159 Å². The van der Waals surface area contributed by atoms with Crippen LogP contribution in [0.25, 0.3) is 11.0 Å². The van der Waals surface area contributed by atoms with Gasteiger partial charge in [0.15, 0.2) is 0 Å². The third-order valence-electron chi connectivity index (χ3n) is 4.85. The number of carbonyl (C=O) groups is 1. The quantitative estimate of drug-likeness (QED) is 0.394. The van der Waals surface area contributed by atoms with Crippen molar-refractivity contribution in [1.29, 1.82) is 0 Å². The van der Waals surface area contributed by atoms with Crippen molar-refractivity contribution in [3.63, 3.8) is 0 Å². The number of hydrogen-bond acceptors (Lipinski definition) is 6. The van der Waals surface area contributed by atoms with E-state index in [4.69, 9.17) is 4.42 Å². The number of fused-ring (bicyclic) bond motifs is 1. The van der Waals surface area contributed by atoms with E-state index in [-0.39, 0.29) is 16.8 Å². The summed E-state index contributed by atoms with van der Waals surface area (Å²) < 4.78 is 5.19. The summed E-state index contributed by atoms with van der Waals surface area (Å²) in [5, 5.41) is 11.3. The molecule has 1 aliphatic rings. The minimum Gasteiger partial charge on any atom is -0.422 e. The number of amides is 1. The van der Waals surface area contributed by atoms with Crippen LogP contribution in [0.1, 0.15) is 10.4 Å². The number of carbonyl (C=O) groups excluding carboxylic acids is 1. The van der Waals surface area contributed by atoms with Crippen LogP contribution in [-0.2, 0) is 0 Å². The molecule has 0 spiro atoms. The molecule has 0 aliphatic carbocycles. The average Bonchev–Trinajstić information content (AvgIpc) is 2.73. The summed E-state index contributed by atoms with van der Waals surface area (Å²) in [6.07, 6.45) is 0. The third kappa shape index (κ3) is 3.32. The number of benzene rings is 2. The predicted octanol–water partition coefficient (Wildman–Crippen LogP) is 2.66. The van der Waals surface area contributed by atoms with E-state index in [1.165, 1.54) is 24.3 Å². The zero-order valence-corrected chi connectivity index (χ0v) is 14.9. The van der Waals surface area contributed by atoms with Gasteiger partial charge in [-0.15, -0.1) is 0 Å². The molecule has 1 saturated heterocycles. The second-order valence-corrected chi connectivity index (χ2v) is 6.54. The molecule has 1 aromatic heterocycles. The van der Waals surface area contributed by atoms with E-state index in [0.717, 1.165) is 5.69 Å². The molecule has 2 heterocycles. The minimum atomic E-state index is -0.739. The Bertz CT molecular complexity index is 1100. The van der Waals surface area contributed by atoms with E-state index in [1.807, 2.05) is 30.3 Å². The van der Waals surface area contributed by atoms with Crippen molar-refractivity contribution < 1.29 is 14.1 Å². The fourth-order valence-corrected chi connectivity index (χ4v) is 3.35. The molecule has 3 aromatic rings. The highest BCUT2D eigenvalue weighted by atomic mass is 16.6. The molecule has 0 saturated carbocycles. The summed E-state index contributed by atoms with van der Waals surface area (Å²) in [6, 6.07) is 15.2. The number of non-ortho nitro benzene ring substituents is 1. The van der Waals surface area contributed by atoms with Crippen molar-refractivity contribution in [3.8, 4) is 0 Å². The Kier molecular flexibility index (Phi) is 4.52. The first-order valence-corrected chi connectivity index (χ1v) is 8.84. The molecule has 4 rings (SSSR count). The normalized spacial score (nSPS) is 14.3. The highest BCUT2D eigenvalue weighted by Crippen LogP contribution is 2.21. The lowest BCUT2D eigenvalue weighted by atomic mass is 10.1. The van der Waals surface area contributed by atoms with Gasteiger partial charge in [0.2, 0.25) is 0 Å². The highest BCUT2D eigenvalue weighted by Gasteiger charge is 2.25. The smallest absolute Gasteiger partial charge is 0.349 e. The van der Waals surface area contributed by atoms with Crippen LogP contribution in [0.5, 0.6) is 0 Å². The van der Waals surface area contributed by atoms with Crippen LogP contribution in [0.2, 0.25) is 0 Å². The number of piperazine rings is 1. The van der Waals surface area contributed by atoms with Gasteiger partial charge in [-0.25, -0.2) is 4.79 Å². The number of nitro benzene ring substituents is 1. The molecule has 0 unspecified atom stereocenters. The van der Waals surface area contributed by atoms with Crippen molar-refractivity contribution >= 4 is 28.3 Å². The van der Waals surface area contributed by atoms with E-state index >= 15 is 0 Å². The Hall–Kier alpha value is -3.68. The molecule has 2 aromatic carbocycles. The van der Waals surface area contributed by atoms with Crippen molar-refractivity contribution in [1.82, 2.24) is 4.90 Å². The molecule has 8 nitrogen and oxygen atoms in total. The monoisotopic (exact) mass is 379 g/mol. The van der Waals surface area contributed by atoms with E-state index in [9.17, 15) is 19.7 Å². The number of nitro groups is 1. The lowest BCUT2D eigenvalue weighted by molar-refractivity contribution is -0.384. The SMILES string of the molecule is O=C(c1cc2cc([N+](=O)[O-])ccc2oc1=O)N1CCN(c2ccccc2)CC1. The topological polar surface area (TPSA) is 96.9 Å². The van der Waals surface area contributed by atoms with Crippen LogP contribution >= 0.6 is 0 Å². The second kappa shape index (κ2) is 7.15. The van der Waals surface area contributed by atoms with Gasteiger partial charge in [-0.05, 0) is 24.3 Å². The number of hydrogen-bond donors (Lipinski definition) is 0. The molecule has 0 N–H and O–H groups in total. The summed E-state index contributed by atoms with van der Waals surface area (Å²) in [5.41, 5.74) is 0.322. The first-order valence-electron chi connectivity index (χ1n) is 8.84. The minimum absolute atomic E-state index is 0.110. The van der Waals surface area contributed by atoms with Crippen LogP contribution in [0, 0.1) is 10.1 Å². The van der Waals surface area contributed by atoms with Gasteiger partial charge in [0.25, 0.3) is 11.6 Å². The lowest BCUT2D eigenvalue weighted by Gasteiger charge is -2.36. The van der Waals surface area contributed by atoms with Crippen molar-refractivity contribution in [2.75, 3.05) is 31.1 Å². The summed E-state index contributed by atoms with van der Waals surface area (Å²) >= 11 is 0. The molecular formula is C20H17N3O5. The molecule has 1 fully saturated rings. The maximum Gasteiger partial charge on any atom is 0.349 e. The Balaban J connectivity index is 1.56. The van der Waals surface area contributed by atoms with Crippen LogP contribution in [-0.4, -0.2) is 41.9 Å². The fourth-order valence-electron chi connectivity index (χ4n) is 3.35. The standard InChI is InChI=1S/C20H17N3O5/c24-19(22-10-8-21(9-11-22)15-4-2-1-3-5-15)17-13-14-12-16(23(26)27)6-7-18(14)28-20(17)25/h1-7,12-13H,8-11H2. The van der Waals surface area contributed by atoms with Crippen LogP contribution in [0.4, 0.5) is 11.4 Å². The summed E-state index contributed by atoms with van der Waals surface area (Å²) in [7, 11) is 0. The molecule has 1 amide bonds. The second-order valence-electron chi connectivity index (χ2n) is 6.54.